The van der Waals surface area contributed by atoms with Crippen molar-refractivity contribution in [2.24, 2.45) is 0 Å². The Morgan fingerprint density at radius 2 is 1.76 bits per heavy atom. The number of hydrogen-bond donors (Lipinski definition) is 2. The van der Waals surface area contributed by atoms with Crippen molar-refractivity contribution in [1.29, 1.82) is 0 Å². The molecule has 4 rings (SSSR count). The second-order valence-electron chi connectivity index (χ2n) is 6.44. The number of para-hydroxylation sites is 1. The molecule has 0 unspecified atom stereocenters. The second kappa shape index (κ2) is 6.69. The van der Waals surface area contributed by atoms with Gasteiger partial charge in [0, 0.05) is 11.8 Å². The summed E-state index contributed by atoms with van der Waals surface area (Å²) in [5.74, 6) is 0.0539. The van der Waals surface area contributed by atoms with E-state index in [1.807, 2.05) is 31.2 Å². The van der Waals surface area contributed by atoms with E-state index in [0.29, 0.717) is 22.0 Å². The molecular weight excluding hydrogens is 383 g/mol. The summed E-state index contributed by atoms with van der Waals surface area (Å²) < 4.78 is 43.4. The molecule has 0 aliphatic heterocycles. The minimum absolute atomic E-state index is 0.189. The van der Waals surface area contributed by atoms with E-state index in [9.17, 15) is 13.2 Å². The number of pyridine rings is 1. The number of hydrogen-bond acceptors (Lipinski definition) is 5. The third-order valence-electron chi connectivity index (χ3n) is 4.48. The van der Waals surface area contributed by atoms with Gasteiger partial charge in [0.15, 0.2) is 5.82 Å². The molecule has 2 heterocycles. The number of benzene rings is 2. The first-order chi connectivity index (χ1) is 13.7. The van der Waals surface area contributed by atoms with Gasteiger partial charge in [0.2, 0.25) is 0 Å². The normalized spacial score (nSPS) is 11.7. The molecule has 0 radical (unpaired) electrons. The highest BCUT2D eigenvalue weighted by molar-refractivity contribution is 6.06. The summed E-state index contributed by atoms with van der Waals surface area (Å²) in [6.07, 6.45) is -3.33. The minimum atomic E-state index is -4.79. The van der Waals surface area contributed by atoms with Crippen molar-refractivity contribution in [2.45, 2.75) is 13.3 Å². The van der Waals surface area contributed by atoms with Gasteiger partial charge >= 0.3 is 6.36 Å². The fourth-order valence-electron chi connectivity index (χ4n) is 3.25. The number of rotatable bonds is 3. The molecule has 0 amide bonds. The maximum Gasteiger partial charge on any atom is 0.573 e. The molecule has 2 aromatic carbocycles. The zero-order valence-corrected chi connectivity index (χ0v) is 15.2. The first-order valence-corrected chi connectivity index (χ1v) is 8.59. The summed E-state index contributed by atoms with van der Waals surface area (Å²) in [6, 6.07) is 13.1. The molecule has 4 N–H and O–H groups in total. The van der Waals surface area contributed by atoms with E-state index in [4.69, 9.17) is 11.5 Å². The molecular formula is C20H16F3N5O. The summed E-state index contributed by atoms with van der Waals surface area (Å²) in [4.78, 5) is 4.22. The van der Waals surface area contributed by atoms with Crippen molar-refractivity contribution >= 4 is 22.5 Å². The number of nitrogens with two attached hydrogens (primary N) is 2. The summed E-state index contributed by atoms with van der Waals surface area (Å²) in [5.41, 5.74) is 15.4. The van der Waals surface area contributed by atoms with Crippen LogP contribution < -0.4 is 16.2 Å². The van der Waals surface area contributed by atoms with Crippen LogP contribution in [-0.2, 0) is 0 Å². The Hall–Kier alpha value is -3.75. The number of aryl methyl sites for hydroxylation is 1. The van der Waals surface area contributed by atoms with E-state index in [-0.39, 0.29) is 17.4 Å². The van der Waals surface area contributed by atoms with Crippen LogP contribution in [0, 0.1) is 6.92 Å². The maximum atomic E-state index is 12.6. The van der Waals surface area contributed by atoms with E-state index in [0.717, 1.165) is 11.3 Å². The number of nitrogen functional groups attached to an aromatic ring is 2. The number of anilines is 2. The van der Waals surface area contributed by atoms with Crippen LogP contribution >= 0.6 is 0 Å². The molecule has 0 saturated carbocycles. The molecule has 2 aromatic heterocycles. The molecule has 4 aromatic rings. The van der Waals surface area contributed by atoms with Crippen molar-refractivity contribution in [2.75, 3.05) is 11.5 Å². The third kappa shape index (κ3) is 3.42. The molecule has 0 saturated heterocycles. The highest BCUT2D eigenvalue weighted by Crippen LogP contribution is 2.37. The summed E-state index contributed by atoms with van der Waals surface area (Å²) in [7, 11) is 0. The van der Waals surface area contributed by atoms with Crippen LogP contribution in [0.15, 0.2) is 54.7 Å². The first kappa shape index (κ1) is 18.6. The second-order valence-corrected chi connectivity index (χ2v) is 6.44. The number of aromatic nitrogens is 3. The van der Waals surface area contributed by atoms with Crippen LogP contribution in [0.1, 0.15) is 5.56 Å². The Bertz CT molecular complexity index is 1220. The monoisotopic (exact) mass is 399 g/mol. The minimum Gasteiger partial charge on any atom is -0.406 e. The molecule has 0 bridgehead atoms. The predicted molar refractivity (Wildman–Crippen MR) is 105 cm³/mol. The van der Waals surface area contributed by atoms with Crippen LogP contribution in [0.2, 0.25) is 0 Å². The van der Waals surface area contributed by atoms with Gasteiger partial charge in [-0.2, -0.15) is 0 Å². The Balaban J connectivity index is 1.94. The standard InChI is InChI=1S/C20H16F3N5O/c1-11-5-2-3-8-15(11)28-17-16(18(24)27-28)14(10-26-19(17)25)12-6-4-7-13(9-12)29-20(21,22)23/h2-10H,1H3,(H2,24,27)(H2,25,26). The lowest BCUT2D eigenvalue weighted by molar-refractivity contribution is -0.274. The van der Waals surface area contributed by atoms with Crippen molar-refractivity contribution in [1.82, 2.24) is 14.8 Å². The molecule has 0 aliphatic rings. The highest BCUT2D eigenvalue weighted by Gasteiger charge is 2.31. The summed E-state index contributed by atoms with van der Waals surface area (Å²) in [6.45, 7) is 1.92. The van der Waals surface area contributed by atoms with Crippen LogP contribution in [-0.4, -0.2) is 21.1 Å². The van der Waals surface area contributed by atoms with Gasteiger partial charge in [0.25, 0.3) is 0 Å². The molecule has 0 aliphatic carbocycles. The SMILES string of the molecule is Cc1ccccc1-n1nc(N)c2c(-c3cccc(OC(F)(F)F)c3)cnc(N)c21. The molecule has 0 spiro atoms. The lowest BCUT2D eigenvalue weighted by Gasteiger charge is -2.12. The van der Waals surface area contributed by atoms with Crippen molar-refractivity contribution < 1.29 is 17.9 Å². The largest absolute Gasteiger partial charge is 0.573 e. The zero-order valence-electron chi connectivity index (χ0n) is 15.2. The van der Waals surface area contributed by atoms with Crippen molar-refractivity contribution in [3.8, 4) is 22.6 Å². The Morgan fingerprint density at radius 3 is 2.48 bits per heavy atom. The van der Waals surface area contributed by atoms with Gasteiger partial charge in [0.1, 0.15) is 17.1 Å². The number of alkyl halides is 3. The predicted octanol–water partition coefficient (Wildman–Crippen LogP) is 4.46. The van der Waals surface area contributed by atoms with Gasteiger partial charge in [-0.25, -0.2) is 9.67 Å². The quantitative estimate of drug-likeness (QED) is 0.531. The topological polar surface area (TPSA) is 92.0 Å². The van der Waals surface area contributed by atoms with Crippen LogP contribution in [0.4, 0.5) is 24.8 Å². The average Bonchev–Trinajstić information content (AvgIpc) is 2.99. The smallest absolute Gasteiger partial charge is 0.406 e. The van der Waals surface area contributed by atoms with Gasteiger partial charge in [-0.1, -0.05) is 30.3 Å². The lowest BCUT2D eigenvalue weighted by Crippen LogP contribution is -2.17. The number of fused-ring (bicyclic) bond motifs is 1. The zero-order chi connectivity index (χ0) is 20.8. The summed E-state index contributed by atoms with van der Waals surface area (Å²) >= 11 is 0. The van der Waals surface area contributed by atoms with Crippen molar-refractivity contribution in [3.05, 3.63) is 60.3 Å². The molecule has 148 valence electrons. The highest BCUT2D eigenvalue weighted by atomic mass is 19.4. The van der Waals surface area contributed by atoms with Gasteiger partial charge in [-0.05, 0) is 36.2 Å². The summed E-state index contributed by atoms with van der Waals surface area (Å²) in [5, 5.41) is 4.92. The van der Waals surface area contributed by atoms with Crippen LogP contribution in [0.25, 0.3) is 27.7 Å². The van der Waals surface area contributed by atoms with Crippen LogP contribution in [0.3, 0.4) is 0 Å². The molecule has 0 fully saturated rings. The molecule has 6 nitrogen and oxygen atoms in total. The van der Waals surface area contributed by atoms with E-state index in [2.05, 4.69) is 14.8 Å². The first-order valence-electron chi connectivity index (χ1n) is 8.59. The van der Waals surface area contributed by atoms with Gasteiger partial charge < -0.3 is 16.2 Å². The molecule has 0 atom stereocenters. The average molecular weight is 399 g/mol. The number of nitrogens with zero attached hydrogens (tertiary/aromatic N) is 3. The van der Waals surface area contributed by atoms with E-state index in [1.165, 1.54) is 24.4 Å². The molecule has 29 heavy (non-hydrogen) atoms. The van der Waals surface area contributed by atoms with E-state index < -0.39 is 6.36 Å². The van der Waals surface area contributed by atoms with Gasteiger partial charge in [-0.3, -0.25) is 0 Å². The van der Waals surface area contributed by atoms with Gasteiger partial charge in [-0.15, -0.1) is 18.3 Å². The Labute approximate surface area is 163 Å². The maximum absolute atomic E-state index is 12.6. The van der Waals surface area contributed by atoms with Crippen LogP contribution in [0.5, 0.6) is 5.75 Å². The number of halogens is 3. The third-order valence-corrected chi connectivity index (χ3v) is 4.48. The Kier molecular flexibility index (Phi) is 4.30. The number of ether oxygens (including phenoxy) is 1. The van der Waals surface area contributed by atoms with E-state index in [1.54, 1.807) is 10.7 Å². The van der Waals surface area contributed by atoms with Crippen molar-refractivity contribution in [3.63, 3.8) is 0 Å². The lowest BCUT2D eigenvalue weighted by atomic mass is 10.0. The fraction of sp³-hybridized carbons (Fsp3) is 0.100. The molecule has 9 heteroatoms. The fourth-order valence-corrected chi connectivity index (χ4v) is 3.25. The van der Waals surface area contributed by atoms with E-state index >= 15 is 0 Å². The van der Waals surface area contributed by atoms with Gasteiger partial charge in [0.05, 0.1) is 11.1 Å². The Morgan fingerprint density at radius 1 is 1.00 bits per heavy atom.